The van der Waals surface area contributed by atoms with Crippen molar-refractivity contribution in [2.75, 3.05) is 0 Å². The van der Waals surface area contributed by atoms with Gasteiger partial charge in [-0.1, -0.05) is 62.4 Å². The highest BCUT2D eigenvalue weighted by Gasteiger charge is 2.22. The lowest BCUT2D eigenvalue weighted by molar-refractivity contribution is -0.384. The first-order valence-electron chi connectivity index (χ1n) is 9.81. The number of nitro groups is 1. The molecule has 1 heterocycles. The quantitative estimate of drug-likeness (QED) is 0.332. The number of carbonyl (C=O) groups excluding carboxylic acids is 1. The van der Waals surface area contributed by atoms with Crippen LogP contribution in [0.1, 0.15) is 37.7 Å². The van der Waals surface area contributed by atoms with Gasteiger partial charge in [-0.3, -0.25) is 19.5 Å². The van der Waals surface area contributed by atoms with Gasteiger partial charge in [-0.2, -0.15) is 0 Å². The van der Waals surface area contributed by atoms with Crippen LogP contribution in [0.4, 0.5) is 5.69 Å². The van der Waals surface area contributed by atoms with Crippen LogP contribution < -0.4 is 5.32 Å². The molecule has 3 rings (SSSR count). The first kappa shape index (κ1) is 22.5. The highest BCUT2D eigenvalue weighted by atomic mass is 32.2. The van der Waals surface area contributed by atoms with E-state index in [2.05, 4.69) is 27.6 Å². The van der Waals surface area contributed by atoms with E-state index in [0.29, 0.717) is 22.4 Å². The molecule has 8 nitrogen and oxygen atoms in total. The zero-order valence-corrected chi connectivity index (χ0v) is 18.8. The Hall–Kier alpha value is -3.20. The van der Waals surface area contributed by atoms with Gasteiger partial charge in [0, 0.05) is 29.0 Å². The van der Waals surface area contributed by atoms with E-state index in [1.165, 1.54) is 29.5 Å². The molecule has 0 saturated carbocycles. The molecule has 0 unspecified atom stereocenters. The van der Waals surface area contributed by atoms with Gasteiger partial charge >= 0.3 is 0 Å². The average Bonchev–Trinajstić information content (AvgIpc) is 3.12. The van der Waals surface area contributed by atoms with Gasteiger partial charge in [0.05, 0.1) is 11.5 Å². The first-order valence-corrected chi connectivity index (χ1v) is 10.8. The average molecular weight is 440 g/mol. The topological polar surface area (TPSA) is 103 Å². The number of nitrogens with zero attached hydrogens (tertiary/aromatic N) is 4. The summed E-state index contributed by atoms with van der Waals surface area (Å²) >= 11 is 1.52. The molecular formula is C22H25N5O3S. The number of aromatic nitrogens is 3. The minimum absolute atomic E-state index is 0.00775. The van der Waals surface area contributed by atoms with E-state index < -0.39 is 10.3 Å². The third-order valence-electron chi connectivity index (χ3n) is 4.56. The number of nitro benzene ring substituents is 1. The third-order valence-corrected chi connectivity index (χ3v) is 5.56. The van der Waals surface area contributed by atoms with Crippen molar-refractivity contribution in [3.8, 4) is 5.69 Å². The third kappa shape index (κ3) is 5.69. The van der Waals surface area contributed by atoms with E-state index in [0.717, 1.165) is 5.56 Å². The molecule has 0 aliphatic carbocycles. The van der Waals surface area contributed by atoms with Crippen molar-refractivity contribution in [3.63, 3.8) is 0 Å². The minimum atomic E-state index is -0.527. The number of hydrogen-bond donors (Lipinski definition) is 1. The normalized spacial score (nSPS) is 11.4. The Balaban J connectivity index is 1.89. The Morgan fingerprint density at radius 3 is 2.48 bits per heavy atom. The van der Waals surface area contributed by atoms with Gasteiger partial charge in [-0.25, -0.2) is 0 Å². The van der Waals surface area contributed by atoms with E-state index >= 15 is 0 Å². The van der Waals surface area contributed by atoms with Crippen LogP contribution in [0.5, 0.6) is 0 Å². The SMILES string of the molecule is Cc1cccc(CSc2nnc(CNC(=O)C(C)(C)C)n2-c2ccc([N+](=O)[O-])cc2)c1. The maximum absolute atomic E-state index is 12.3. The lowest BCUT2D eigenvalue weighted by atomic mass is 9.96. The van der Waals surface area contributed by atoms with Crippen molar-refractivity contribution >= 4 is 23.4 Å². The molecule has 2 aromatic carbocycles. The van der Waals surface area contributed by atoms with Crippen LogP contribution in [0.2, 0.25) is 0 Å². The lowest BCUT2D eigenvalue weighted by Crippen LogP contribution is -2.35. The van der Waals surface area contributed by atoms with E-state index in [9.17, 15) is 14.9 Å². The summed E-state index contributed by atoms with van der Waals surface area (Å²) in [6, 6.07) is 14.4. The van der Waals surface area contributed by atoms with Gasteiger partial charge in [0.15, 0.2) is 11.0 Å². The van der Waals surface area contributed by atoms with E-state index in [-0.39, 0.29) is 18.1 Å². The number of benzene rings is 2. The number of non-ortho nitro benzene ring substituents is 1. The molecule has 9 heteroatoms. The molecule has 1 N–H and O–H groups in total. The minimum Gasteiger partial charge on any atom is -0.348 e. The summed E-state index contributed by atoms with van der Waals surface area (Å²) in [6.45, 7) is 7.76. The maximum Gasteiger partial charge on any atom is 0.269 e. The van der Waals surface area contributed by atoms with Crippen LogP contribution in [0, 0.1) is 22.5 Å². The van der Waals surface area contributed by atoms with Crippen molar-refractivity contribution < 1.29 is 9.72 Å². The summed E-state index contributed by atoms with van der Waals surface area (Å²) in [5.74, 6) is 1.15. The molecule has 3 aromatic rings. The van der Waals surface area contributed by atoms with Crippen molar-refractivity contribution in [1.82, 2.24) is 20.1 Å². The van der Waals surface area contributed by atoms with Crippen molar-refractivity contribution in [3.05, 3.63) is 75.6 Å². The highest BCUT2D eigenvalue weighted by molar-refractivity contribution is 7.98. The van der Waals surface area contributed by atoms with E-state index in [4.69, 9.17) is 0 Å². The highest BCUT2D eigenvalue weighted by Crippen LogP contribution is 2.27. The van der Waals surface area contributed by atoms with E-state index in [1.54, 1.807) is 12.1 Å². The van der Waals surface area contributed by atoms with Crippen LogP contribution in [0.3, 0.4) is 0 Å². The predicted octanol–water partition coefficient (Wildman–Crippen LogP) is 4.44. The number of carbonyl (C=O) groups is 1. The summed E-state index contributed by atoms with van der Waals surface area (Å²) in [5, 5.41) is 23.2. The molecule has 0 radical (unpaired) electrons. The zero-order valence-electron chi connectivity index (χ0n) is 18.0. The first-order chi connectivity index (χ1) is 14.6. The fraction of sp³-hybridized carbons (Fsp3) is 0.318. The summed E-state index contributed by atoms with van der Waals surface area (Å²) in [4.78, 5) is 22.9. The molecule has 0 saturated heterocycles. The Kier molecular flexibility index (Phi) is 6.74. The van der Waals surface area contributed by atoms with Crippen molar-refractivity contribution in [1.29, 1.82) is 0 Å². The number of amides is 1. The van der Waals surface area contributed by atoms with Gasteiger partial charge in [0.2, 0.25) is 5.91 Å². The summed E-state index contributed by atoms with van der Waals surface area (Å²) < 4.78 is 1.83. The molecule has 0 aliphatic heterocycles. The molecule has 0 spiro atoms. The molecule has 0 fully saturated rings. The Morgan fingerprint density at radius 2 is 1.87 bits per heavy atom. The molecule has 31 heavy (non-hydrogen) atoms. The summed E-state index contributed by atoms with van der Waals surface area (Å²) in [6.07, 6.45) is 0. The zero-order chi connectivity index (χ0) is 22.6. The van der Waals surface area contributed by atoms with Crippen LogP contribution in [0.25, 0.3) is 5.69 Å². The molecule has 162 valence electrons. The molecule has 1 amide bonds. The second-order valence-corrected chi connectivity index (χ2v) is 9.16. The molecule has 1 aromatic heterocycles. The molecule has 0 bridgehead atoms. The number of thioether (sulfide) groups is 1. The van der Waals surface area contributed by atoms with Crippen molar-refractivity contribution in [2.24, 2.45) is 5.41 Å². The van der Waals surface area contributed by atoms with Gasteiger partial charge in [0.25, 0.3) is 5.69 Å². The molecule has 0 atom stereocenters. The second kappa shape index (κ2) is 9.30. The summed E-state index contributed by atoms with van der Waals surface area (Å²) in [7, 11) is 0. The Labute approximate surface area is 185 Å². The van der Waals surface area contributed by atoms with Gasteiger partial charge < -0.3 is 5.32 Å². The Morgan fingerprint density at radius 1 is 1.16 bits per heavy atom. The Bertz CT molecular complexity index is 1090. The van der Waals surface area contributed by atoms with Crippen LogP contribution in [-0.2, 0) is 17.1 Å². The monoisotopic (exact) mass is 439 g/mol. The number of aryl methyl sites for hydroxylation is 1. The summed E-state index contributed by atoms with van der Waals surface area (Å²) in [5.41, 5.74) is 2.52. The lowest BCUT2D eigenvalue weighted by Gasteiger charge is -2.18. The number of hydrogen-bond acceptors (Lipinski definition) is 6. The fourth-order valence-electron chi connectivity index (χ4n) is 2.87. The molecule has 0 aliphatic rings. The van der Waals surface area contributed by atoms with Crippen LogP contribution in [-0.4, -0.2) is 25.6 Å². The number of rotatable bonds is 7. The van der Waals surface area contributed by atoms with Crippen molar-refractivity contribution in [2.45, 2.75) is 45.1 Å². The van der Waals surface area contributed by atoms with Gasteiger partial charge in [0.1, 0.15) is 0 Å². The van der Waals surface area contributed by atoms with E-state index in [1.807, 2.05) is 44.4 Å². The smallest absolute Gasteiger partial charge is 0.269 e. The van der Waals surface area contributed by atoms with Gasteiger partial charge in [-0.05, 0) is 24.6 Å². The predicted molar refractivity (Wildman–Crippen MR) is 120 cm³/mol. The second-order valence-electron chi connectivity index (χ2n) is 8.22. The number of nitrogens with one attached hydrogen (secondary N) is 1. The molecular weight excluding hydrogens is 414 g/mol. The van der Waals surface area contributed by atoms with Gasteiger partial charge in [-0.15, -0.1) is 10.2 Å². The standard InChI is InChI=1S/C22H25N5O3S/c1-15-6-5-7-16(12-15)14-31-21-25-24-19(13-23-20(28)22(2,3)4)26(21)17-8-10-18(11-9-17)27(29)30/h5-12H,13-14H2,1-4H3,(H,23,28). The maximum atomic E-state index is 12.3. The van der Waals surface area contributed by atoms with Crippen LogP contribution >= 0.6 is 11.8 Å². The largest absolute Gasteiger partial charge is 0.348 e. The van der Waals surface area contributed by atoms with Crippen LogP contribution in [0.15, 0.2) is 53.7 Å². The fourth-order valence-corrected chi connectivity index (χ4v) is 3.78.